The third-order valence-corrected chi connectivity index (χ3v) is 2.32. The summed E-state index contributed by atoms with van der Waals surface area (Å²) in [4.78, 5) is 0. The molecule has 1 nitrogen and oxygen atoms in total. The zero-order chi connectivity index (χ0) is 10.1. The Morgan fingerprint density at radius 2 is 2.00 bits per heavy atom. The van der Waals surface area contributed by atoms with Crippen LogP contribution < -0.4 is 0 Å². The molecule has 72 valence electrons. The number of aliphatic hydroxyl groups excluding tert-OH is 1. The van der Waals surface area contributed by atoms with Crippen molar-refractivity contribution in [1.29, 1.82) is 0 Å². The molecule has 0 saturated heterocycles. The molecule has 0 unspecified atom stereocenters. The van der Waals surface area contributed by atoms with Gasteiger partial charge in [-0.3, -0.25) is 0 Å². The minimum Gasteiger partial charge on any atom is -0.395 e. The molecule has 0 radical (unpaired) electrons. The number of benzene rings is 1. The Morgan fingerprint density at radius 3 is 2.54 bits per heavy atom. The number of rotatable bonds is 2. The molecular weight excluding hydrogens is 167 g/mol. The second-order valence-electron chi connectivity index (χ2n) is 4.00. The molecule has 1 aromatic rings. The molecule has 1 rings (SSSR count). The average Bonchev–Trinajstić information content (AvgIpc) is 2.09. The van der Waals surface area contributed by atoms with Gasteiger partial charge in [-0.05, 0) is 30.2 Å². The van der Waals surface area contributed by atoms with Gasteiger partial charge in [-0.15, -0.1) is 0 Å². The van der Waals surface area contributed by atoms with Crippen molar-refractivity contribution < 1.29 is 9.50 Å². The molecule has 0 aliphatic carbocycles. The van der Waals surface area contributed by atoms with Crippen molar-refractivity contribution in [2.45, 2.75) is 26.2 Å². The highest BCUT2D eigenvalue weighted by Gasteiger charge is 2.21. The summed E-state index contributed by atoms with van der Waals surface area (Å²) in [6.07, 6.45) is 0. The van der Waals surface area contributed by atoms with Crippen molar-refractivity contribution in [3.05, 3.63) is 35.1 Å². The van der Waals surface area contributed by atoms with Gasteiger partial charge in [-0.1, -0.05) is 19.9 Å². The van der Waals surface area contributed by atoms with E-state index in [1.54, 1.807) is 6.07 Å². The van der Waals surface area contributed by atoms with Crippen LogP contribution in [0.15, 0.2) is 18.2 Å². The minimum atomic E-state index is -0.369. The molecular formula is C11H15FO. The maximum absolute atomic E-state index is 12.9. The molecule has 0 heterocycles. The number of aliphatic hydroxyl groups is 1. The van der Waals surface area contributed by atoms with Gasteiger partial charge in [0.2, 0.25) is 0 Å². The van der Waals surface area contributed by atoms with Gasteiger partial charge in [0, 0.05) is 5.41 Å². The van der Waals surface area contributed by atoms with E-state index in [1.807, 2.05) is 20.8 Å². The fourth-order valence-corrected chi connectivity index (χ4v) is 1.41. The van der Waals surface area contributed by atoms with Crippen LogP contribution >= 0.6 is 0 Å². The van der Waals surface area contributed by atoms with Crippen LogP contribution in [0.1, 0.15) is 25.0 Å². The van der Waals surface area contributed by atoms with Crippen LogP contribution in [0.25, 0.3) is 0 Å². The summed E-state index contributed by atoms with van der Waals surface area (Å²) in [6.45, 7) is 5.74. The molecule has 0 aliphatic rings. The van der Waals surface area contributed by atoms with E-state index >= 15 is 0 Å². The first-order valence-electron chi connectivity index (χ1n) is 4.35. The van der Waals surface area contributed by atoms with Gasteiger partial charge in [-0.25, -0.2) is 4.39 Å². The van der Waals surface area contributed by atoms with Gasteiger partial charge in [0.1, 0.15) is 5.82 Å². The number of hydrogen-bond acceptors (Lipinski definition) is 1. The van der Waals surface area contributed by atoms with Gasteiger partial charge in [-0.2, -0.15) is 0 Å². The van der Waals surface area contributed by atoms with Crippen molar-refractivity contribution >= 4 is 0 Å². The number of hydrogen-bond donors (Lipinski definition) is 1. The van der Waals surface area contributed by atoms with Crippen LogP contribution in [-0.2, 0) is 5.41 Å². The summed E-state index contributed by atoms with van der Waals surface area (Å²) in [6, 6.07) is 4.67. The largest absolute Gasteiger partial charge is 0.395 e. The van der Waals surface area contributed by atoms with Crippen LogP contribution in [0.2, 0.25) is 0 Å². The zero-order valence-electron chi connectivity index (χ0n) is 8.26. The Morgan fingerprint density at radius 1 is 1.38 bits per heavy atom. The average molecular weight is 182 g/mol. The van der Waals surface area contributed by atoms with Gasteiger partial charge < -0.3 is 5.11 Å². The van der Waals surface area contributed by atoms with Gasteiger partial charge in [0.25, 0.3) is 0 Å². The van der Waals surface area contributed by atoms with E-state index in [2.05, 4.69) is 0 Å². The van der Waals surface area contributed by atoms with E-state index in [-0.39, 0.29) is 17.8 Å². The fourth-order valence-electron chi connectivity index (χ4n) is 1.41. The van der Waals surface area contributed by atoms with Crippen molar-refractivity contribution in [2.24, 2.45) is 0 Å². The van der Waals surface area contributed by atoms with Crippen molar-refractivity contribution in [1.82, 2.24) is 0 Å². The van der Waals surface area contributed by atoms with Crippen LogP contribution in [0.4, 0.5) is 4.39 Å². The first-order valence-corrected chi connectivity index (χ1v) is 4.35. The Bertz CT molecular complexity index is 305. The molecule has 2 heteroatoms. The Kier molecular flexibility index (Phi) is 2.71. The second-order valence-corrected chi connectivity index (χ2v) is 4.00. The van der Waals surface area contributed by atoms with Gasteiger partial charge in [0.05, 0.1) is 6.61 Å². The Labute approximate surface area is 78.2 Å². The van der Waals surface area contributed by atoms with Crippen molar-refractivity contribution in [3.8, 4) is 0 Å². The molecule has 0 spiro atoms. The van der Waals surface area contributed by atoms with Crippen LogP contribution in [0.3, 0.4) is 0 Å². The molecule has 13 heavy (non-hydrogen) atoms. The minimum absolute atomic E-state index is 0.0251. The maximum atomic E-state index is 12.9. The third kappa shape index (κ3) is 2.07. The topological polar surface area (TPSA) is 20.2 Å². The monoisotopic (exact) mass is 182 g/mol. The van der Waals surface area contributed by atoms with E-state index in [0.29, 0.717) is 0 Å². The molecule has 0 aliphatic heterocycles. The first-order chi connectivity index (χ1) is 5.97. The molecule has 1 N–H and O–H groups in total. The normalized spacial score (nSPS) is 11.8. The molecule has 1 aromatic carbocycles. The SMILES string of the molecule is Cc1ccc(F)cc1C(C)(C)CO. The predicted molar refractivity (Wildman–Crippen MR) is 51.2 cm³/mol. The van der Waals surface area contributed by atoms with E-state index in [0.717, 1.165) is 11.1 Å². The van der Waals surface area contributed by atoms with E-state index in [9.17, 15) is 4.39 Å². The molecule has 0 bridgehead atoms. The highest BCUT2D eigenvalue weighted by atomic mass is 19.1. The quantitative estimate of drug-likeness (QED) is 0.744. The standard InChI is InChI=1S/C11H15FO/c1-8-4-5-9(12)6-10(8)11(2,3)7-13/h4-6,13H,7H2,1-3H3. The lowest BCUT2D eigenvalue weighted by Gasteiger charge is -2.24. The van der Waals surface area contributed by atoms with E-state index < -0.39 is 0 Å². The lowest BCUT2D eigenvalue weighted by atomic mass is 9.83. The van der Waals surface area contributed by atoms with Crippen LogP contribution in [-0.4, -0.2) is 11.7 Å². The maximum Gasteiger partial charge on any atom is 0.123 e. The molecule has 0 amide bonds. The van der Waals surface area contributed by atoms with Gasteiger partial charge in [0.15, 0.2) is 0 Å². The number of aryl methyl sites for hydroxylation is 1. The summed E-state index contributed by atoms with van der Waals surface area (Å²) in [5.74, 6) is -0.248. The summed E-state index contributed by atoms with van der Waals surface area (Å²) in [5, 5.41) is 9.14. The van der Waals surface area contributed by atoms with Crippen molar-refractivity contribution in [3.63, 3.8) is 0 Å². The number of halogens is 1. The lowest BCUT2D eigenvalue weighted by Crippen LogP contribution is -2.23. The highest BCUT2D eigenvalue weighted by molar-refractivity contribution is 5.32. The summed E-state index contributed by atoms with van der Waals surface area (Å²) in [7, 11) is 0. The smallest absolute Gasteiger partial charge is 0.123 e. The second kappa shape index (κ2) is 3.46. The van der Waals surface area contributed by atoms with Crippen LogP contribution in [0.5, 0.6) is 0 Å². The summed E-state index contributed by atoms with van der Waals surface area (Å²) in [5.41, 5.74) is 1.52. The summed E-state index contributed by atoms with van der Waals surface area (Å²) >= 11 is 0. The summed E-state index contributed by atoms with van der Waals surface area (Å²) < 4.78 is 12.9. The van der Waals surface area contributed by atoms with E-state index in [1.165, 1.54) is 12.1 Å². The van der Waals surface area contributed by atoms with Gasteiger partial charge >= 0.3 is 0 Å². The van der Waals surface area contributed by atoms with Crippen LogP contribution in [0, 0.1) is 12.7 Å². The lowest BCUT2D eigenvalue weighted by molar-refractivity contribution is 0.217. The molecule has 0 fully saturated rings. The first kappa shape index (κ1) is 10.2. The Balaban J connectivity index is 3.20. The Hall–Kier alpha value is -0.890. The third-order valence-electron chi connectivity index (χ3n) is 2.32. The predicted octanol–water partition coefficient (Wildman–Crippen LogP) is 2.40. The fraction of sp³-hybridized carbons (Fsp3) is 0.455. The molecule has 0 aromatic heterocycles. The molecule has 0 atom stereocenters. The van der Waals surface area contributed by atoms with E-state index in [4.69, 9.17) is 5.11 Å². The zero-order valence-corrected chi connectivity index (χ0v) is 8.26. The van der Waals surface area contributed by atoms with Crippen molar-refractivity contribution in [2.75, 3.05) is 6.61 Å². The highest BCUT2D eigenvalue weighted by Crippen LogP contribution is 2.26. The molecule has 0 saturated carbocycles.